The van der Waals surface area contributed by atoms with Crippen molar-refractivity contribution in [1.29, 1.82) is 0 Å². The molecule has 0 aromatic heterocycles. The Morgan fingerprint density at radius 3 is 2.38 bits per heavy atom. The van der Waals surface area contributed by atoms with Gasteiger partial charge < -0.3 is 10.2 Å². The minimum Gasteiger partial charge on any atom is -0.353 e. The van der Waals surface area contributed by atoms with E-state index in [0.29, 0.717) is 18.0 Å². The van der Waals surface area contributed by atoms with Crippen LogP contribution in [0.2, 0.25) is 0 Å². The van der Waals surface area contributed by atoms with Gasteiger partial charge in [-0.1, -0.05) is 43.2 Å². The molecule has 1 aromatic carbocycles. The Bertz CT molecular complexity index is 436. The van der Waals surface area contributed by atoms with E-state index in [4.69, 9.17) is 0 Å². The summed E-state index contributed by atoms with van der Waals surface area (Å²) in [6, 6.07) is 11.3. The summed E-state index contributed by atoms with van der Waals surface area (Å²) in [6.45, 7) is 1.62. The topological polar surface area (TPSA) is 32.3 Å². The zero-order chi connectivity index (χ0) is 14.5. The van der Waals surface area contributed by atoms with E-state index < -0.39 is 0 Å². The highest BCUT2D eigenvalue weighted by atomic mass is 35.5. The van der Waals surface area contributed by atoms with Gasteiger partial charge in [-0.15, -0.1) is 12.4 Å². The summed E-state index contributed by atoms with van der Waals surface area (Å²) in [5.74, 6) is 0.581. The third-order valence-corrected chi connectivity index (χ3v) is 4.31. The lowest BCUT2D eigenvalue weighted by Gasteiger charge is -2.40. The van der Waals surface area contributed by atoms with Gasteiger partial charge >= 0.3 is 0 Å². The van der Waals surface area contributed by atoms with Gasteiger partial charge in [0.15, 0.2) is 0 Å². The number of benzene rings is 1. The van der Waals surface area contributed by atoms with Gasteiger partial charge in [0.1, 0.15) is 0 Å². The van der Waals surface area contributed by atoms with Crippen molar-refractivity contribution in [1.82, 2.24) is 10.2 Å². The lowest BCUT2D eigenvalue weighted by molar-refractivity contribution is -0.120. The Hall–Kier alpha value is -1.06. The Labute approximate surface area is 134 Å². The highest BCUT2D eigenvalue weighted by Gasteiger charge is 2.34. The maximum atomic E-state index is 11.5. The lowest BCUT2D eigenvalue weighted by Crippen LogP contribution is -2.46. The quantitative estimate of drug-likeness (QED) is 0.924. The van der Waals surface area contributed by atoms with Crippen LogP contribution in [0.25, 0.3) is 0 Å². The van der Waals surface area contributed by atoms with Crippen LogP contribution in [0.3, 0.4) is 0 Å². The molecule has 3 atom stereocenters. The Morgan fingerprint density at radius 1 is 1.19 bits per heavy atom. The Balaban J connectivity index is 0.00000220. The average molecular weight is 311 g/mol. The molecule has 1 amide bonds. The molecule has 21 heavy (non-hydrogen) atoms. The van der Waals surface area contributed by atoms with E-state index >= 15 is 0 Å². The number of nitrogens with zero attached hydrogens (tertiary/aromatic N) is 1. The first-order chi connectivity index (χ1) is 9.59. The van der Waals surface area contributed by atoms with Gasteiger partial charge in [-0.25, -0.2) is 0 Å². The molecule has 1 fully saturated rings. The van der Waals surface area contributed by atoms with Crippen LogP contribution in [0, 0.1) is 5.92 Å². The number of amides is 1. The first-order valence-electron chi connectivity index (χ1n) is 7.58. The highest BCUT2D eigenvalue weighted by Crippen LogP contribution is 2.37. The van der Waals surface area contributed by atoms with Crippen LogP contribution in [0.15, 0.2) is 30.3 Å². The summed E-state index contributed by atoms with van der Waals surface area (Å²) in [4.78, 5) is 13.8. The van der Waals surface area contributed by atoms with Gasteiger partial charge in [-0.2, -0.15) is 0 Å². The van der Waals surface area contributed by atoms with Crippen molar-refractivity contribution in [2.45, 2.75) is 44.7 Å². The number of rotatable bonds is 4. The van der Waals surface area contributed by atoms with E-state index in [1.807, 2.05) is 0 Å². The minimum atomic E-state index is 0. The predicted octanol–water partition coefficient (Wildman–Crippen LogP) is 3.41. The molecule has 118 valence electrons. The SMILES string of the molecule is CC(=O)N[C@@H]1CCCC[C@@H]1C(c1ccccc1)N(C)C.Cl. The Kier molecular flexibility index (Phi) is 7.20. The van der Waals surface area contributed by atoms with E-state index in [-0.39, 0.29) is 18.3 Å². The summed E-state index contributed by atoms with van der Waals surface area (Å²) in [5.41, 5.74) is 1.35. The fourth-order valence-corrected chi connectivity index (χ4v) is 3.56. The second-order valence-electron chi connectivity index (χ2n) is 6.07. The molecule has 0 saturated heterocycles. The van der Waals surface area contributed by atoms with Crippen molar-refractivity contribution >= 4 is 18.3 Å². The molecule has 0 spiro atoms. The van der Waals surface area contributed by atoms with Crippen molar-refractivity contribution in [3.8, 4) is 0 Å². The molecule has 1 aliphatic rings. The predicted molar refractivity (Wildman–Crippen MR) is 89.7 cm³/mol. The van der Waals surface area contributed by atoms with Crippen molar-refractivity contribution in [3.05, 3.63) is 35.9 Å². The van der Waals surface area contributed by atoms with Gasteiger partial charge in [0.05, 0.1) is 0 Å². The number of carbonyl (C=O) groups is 1. The van der Waals surface area contributed by atoms with Crippen LogP contribution < -0.4 is 5.32 Å². The fourth-order valence-electron chi connectivity index (χ4n) is 3.56. The van der Waals surface area contributed by atoms with E-state index in [1.165, 1.54) is 24.8 Å². The molecule has 0 bridgehead atoms. The number of nitrogens with one attached hydrogen (secondary N) is 1. The summed E-state index contributed by atoms with van der Waals surface area (Å²) < 4.78 is 0. The molecule has 1 saturated carbocycles. The van der Waals surface area contributed by atoms with E-state index in [1.54, 1.807) is 6.92 Å². The summed E-state index contributed by atoms with van der Waals surface area (Å²) in [6.07, 6.45) is 4.76. The molecule has 1 aliphatic carbocycles. The van der Waals surface area contributed by atoms with Gasteiger partial charge in [0, 0.05) is 19.0 Å². The van der Waals surface area contributed by atoms with Gasteiger partial charge in [-0.05, 0) is 38.4 Å². The van der Waals surface area contributed by atoms with Gasteiger partial charge in [-0.3, -0.25) is 4.79 Å². The largest absolute Gasteiger partial charge is 0.353 e. The lowest BCUT2D eigenvalue weighted by atomic mass is 9.77. The second-order valence-corrected chi connectivity index (χ2v) is 6.07. The third-order valence-electron chi connectivity index (χ3n) is 4.31. The van der Waals surface area contributed by atoms with Crippen LogP contribution in [0.4, 0.5) is 0 Å². The van der Waals surface area contributed by atoms with E-state index in [9.17, 15) is 4.79 Å². The minimum absolute atomic E-state index is 0. The molecule has 0 radical (unpaired) electrons. The monoisotopic (exact) mass is 310 g/mol. The standard InChI is InChI=1S/C17H26N2O.ClH/c1-13(20)18-16-12-8-7-11-15(16)17(19(2)3)14-9-5-4-6-10-14;/h4-6,9-10,15-17H,7-8,11-12H2,1-3H3,(H,18,20);1H/t15-,16+,17?;/m0./s1. The Morgan fingerprint density at radius 2 is 1.81 bits per heavy atom. The molecular weight excluding hydrogens is 284 g/mol. The van der Waals surface area contributed by atoms with Crippen LogP contribution in [0.1, 0.15) is 44.2 Å². The number of halogens is 1. The van der Waals surface area contributed by atoms with Gasteiger partial charge in [0.25, 0.3) is 0 Å². The molecule has 0 heterocycles. The maximum absolute atomic E-state index is 11.5. The van der Waals surface area contributed by atoms with Gasteiger partial charge in [0.2, 0.25) is 5.91 Å². The summed E-state index contributed by atoms with van der Waals surface area (Å²) >= 11 is 0. The number of hydrogen-bond acceptors (Lipinski definition) is 2. The summed E-state index contributed by atoms with van der Waals surface area (Å²) in [7, 11) is 4.27. The zero-order valence-corrected chi connectivity index (χ0v) is 14.0. The molecule has 2 rings (SSSR count). The second kappa shape index (κ2) is 8.40. The van der Waals surface area contributed by atoms with E-state index in [2.05, 4.69) is 54.6 Å². The van der Waals surface area contributed by atoms with E-state index in [0.717, 1.165) is 6.42 Å². The summed E-state index contributed by atoms with van der Waals surface area (Å²) in [5, 5.41) is 3.17. The van der Waals surface area contributed by atoms with Crippen LogP contribution in [-0.4, -0.2) is 30.9 Å². The number of carbonyl (C=O) groups excluding carboxylic acids is 1. The van der Waals surface area contributed by atoms with Crippen LogP contribution in [0.5, 0.6) is 0 Å². The maximum Gasteiger partial charge on any atom is 0.217 e. The molecule has 3 nitrogen and oxygen atoms in total. The first-order valence-corrected chi connectivity index (χ1v) is 7.58. The average Bonchev–Trinajstić information content (AvgIpc) is 2.41. The van der Waals surface area contributed by atoms with Crippen LogP contribution in [-0.2, 0) is 4.79 Å². The smallest absolute Gasteiger partial charge is 0.217 e. The molecule has 1 aromatic rings. The van der Waals surface area contributed by atoms with Crippen molar-refractivity contribution in [2.24, 2.45) is 5.92 Å². The zero-order valence-electron chi connectivity index (χ0n) is 13.2. The molecule has 4 heteroatoms. The molecular formula is C17H27ClN2O. The molecule has 1 N–H and O–H groups in total. The van der Waals surface area contributed by atoms with Crippen molar-refractivity contribution in [3.63, 3.8) is 0 Å². The van der Waals surface area contributed by atoms with Crippen molar-refractivity contribution < 1.29 is 4.79 Å². The fraction of sp³-hybridized carbons (Fsp3) is 0.588. The highest BCUT2D eigenvalue weighted by molar-refractivity contribution is 5.85. The molecule has 1 unspecified atom stereocenters. The molecule has 0 aliphatic heterocycles. The normalized spacial score (nSPS) is 23.2. The third kappa shape index (κ3) is 4.72. The van der Waals surface area contributed by atoms with Crippen molar-refractivity contribution in [2.75, 3.05) is 14.1 Å². The number of hydrogen-bond donors (Lipinski definition) is 1. The van der Waals surface area contributed by atoms with Crippen LogP contribution >= 0.6 is 12.4 Å². The first kappa shape index (κ1) is 18.0.